The molecule has 8 aromatic rings. The van der Waals surface area contributed by atoms with Gasteiger partial charge in [-0.2, -0.15) is 0 Å². The number of benzene rings is 6. The van der Waals surface area contributed by atoms with Crippen molar-refractivity contribution in [2.75, 3.05) is 27.2 Å². The Hall–Kier alpha value is -4.27. The van der Waals surface area contributed by atoms with Gasteiger partial charge in [0.15, 0.2) is 0 Å². The van der Waals surface area contributed by atoms with Crippen LogP contribution in [0.25, 0.3) is 55.0 Å². The number of aromatic hydroxyl groups is 2. The second kappa shape index (κ2) is 16.0. The number of halogens is 2. The molecule has 0 saturated carbocycles. The van der Waals surface area contributed by atoms with Gasteiger partial charge in [-0.05, 0) is 75.5 Å². The van der Waals surface area contributed by atoms with Gasteiger partial charge in [0.25, 0.3) is 0 Å². The van der Waals surface area contributed by atoms with Crippen molar-refractivity contribution in [3.63, 3.8) is 0 Å². The molecule has 0 bridgehead atoms. The Labute approximate surface area is 327 Å². The predicted molar refractivity (Wildman–Crippen MR) is 219 cm³/mol. The molecule has 2 heterocycles. The van der Waals surface area contributed by atoms with Gasteiger partial charge in [-0.1, -0.05) is 84.9 Å². The molecule has 0 aliphatic rings. The summed E-state index contributed by atoms with van der Waals surface area (Å²) in [7, 11) is 13.9. The van der Waals surface area contributed by atoms with E-state index in [9.17, 15) is 10.2 Å². The molecule has 6 aromatic carbocycles. The maximum absolute atomic E-state index is 12.1. The topological polar surface area (TPSA) is 56.8 Å². The van der Waals surface area contributed by atoms with E-state index in [-0.39, 0.29) is 11.5 Å². The van der Waals surface area contributed by atoms with E-state index >= 15 is 0 Å². The van der Waals surface area contributed by atoms with E-state index in [2.05, 4.69) is 168 Å². The van der Waals surface area contributed by atoms with E-state index in [1.54, 1.807) is 0 Å². The quantitative estimate of drug-likeness (QED) is 0.143. The monoisotopic (exact) mass is 776 g/mol. The summed E-state index contributed by atoms with van der Waals surface area (Å²) >= 11 is -0.556. The number of likely N-dealkylation sites (N-methyl/N-ethyl adjacent to an activating group) is 1. The number of hydrogen-bond acceptors (Lipinski definition) is 4. The molecule has 0 fully saturated rings. The number of phenolic OH excluding ortho intramolecular Hbond substituents is 2. The molecule has 8 rings (SSSR count). The molecule has 6 nitrogen and oxygen atoms in total. The number of aromatic nitrogens is 2. The van der Waals surface area contributed by atoms with Crippen molar-refractivity contribution in [2.24, 2.45) is 0 Å². The average molecular weight is 778 g/mol. The fourth-order valence-electron chi connectivity index (χ4n) is 7.65. The molecule has 2 N–H and O–H groups in total. The van der Waals surface area contributed by atoms with Crippen LogP contribution in [-0.2, 0) is 30.1 Å². The second-order valence-corrected chi connectivity index (χ2v) is 16.5. The van der Waals surface area contributed by atoms with Crippen LogP contribution in [-0.4, -0.2) is 56.3 Å². The first-order valence-electron chi connectivity index (χ1n) is 17.7. The Morgan fingerprint density at radius 1 is 0.528 bits per heavy atom. The van der Waals surface area contributed by atoms with Crippen LogP contribution in [0.5, 0.6) is 11.5 Å². The summed E-state index contributed by atoms with van der Waals surface area (Å²) in [6, 6.07) is 41.9. The van der Waals surface area contributed by atoms with E-state index < -0.39 is 17.0 Å². The molecule has 53 heavy (non-hydrogen) atoms. The van der Waals surface area contributed by atoms with Crippen LogP contribution in [0.15, 0.2) is 121 Å². The fourth-order valence-corrected chi connectivity index (χ4v) is 7.65. The zero-order chi connectivity index (χ0) is 37.2. The molecular weight excluding hydrogens is 735 g/mol. The van der Waals surface area contributed by atoms with Crippen LogP contribution < -0.4 is 0 Å². The summed E-state index contributed by atoms with van der Waals surface area (Å²) < 4.78 is 4.37. The second-order valence-electron chi connectivity index (χ2n) is 13.9. The van der Waals surface area contributed by atoms with Gasteiger partial charge in [0.05, 0.1) is 33.4 Å². The molecule has 2 aromatic heterocycles. The molecule has 0 aliphatic carbocycles. The van der Waals surface area contributed by atoms with Gasteiger partial charge >= 0.3 is 35.6 Å². The molecule has 0 atom stereocenters. The summed E-state index contributed by atoms with van der Waals surface area (Å²) in [4.78, 5) is 4.50. The third-order valence-electron chi connectivity index (χ3n) is 9.92. The standard InChI is InChI=1S/C44H42N4O2.2ClH.Ti/c1-29-23-31(43(49)41(25-29)47-37-17-9-5-13-33(37)34-14-6-10-18-38(34)47)27-46(22-21-45(3)4)28-32-24-30(2)26-42(44(32)50)48-39-19-11-7-15-35(39)36-16-8-12-20-40(36)48;;;/h5-20,23-26,49-50H,21-22,27-28H2,1-4H3;2*1H;/q;;;+2/p-2. The van der Waals surface area contributed by atoms with Crippen LogP contribution in [0.2, 0.25) is 0 Å². The molecule has 0 radical (unpaired) electrons. The first-order valence-corrected chi connectivity index (χ1v) is 21.9. The van der Waals surface area contributed by atoms with Gasteiger partial charge in [0.1, 0.15) is 11.5 Å². The number of fused-ring (bicyclic) bond motifs is 6. The number of para-hydroxylation sites is 4. The Bertz CT molecular complexity index is 2300. The summed E-state index contributed by atoms with van der Waals surface area (Å²) in [5, 5.41) is 28.7. The number of nitrogens with zero attached hydrogens (tertiary/aromatic N) is 4. The summed E-state index contributed by atoms with van der Waals surface area (Å²) in [6.45, 7) is 6.80. The van der Waals surface area contributed by atoms with Crippen LogP contribution in [0.3, 0.4) is 0 Å². The van der Waals surface area contributed by atoms with Crippen molar-refractivity contribution in [1.29, 1.82) is 0 Å². The average Bonchev–Trinajstić information content (AvgIpc) is 3.66. The first-order chi connectivity index (χ1) is 25.7. The Balaban J connectivity index is 0.00000140. The Morgan fingerprint density at radius 2 is 0.849 bits per heavy atom. The van der Waals surface area contributed by atoms with Crippen molar-refractivity contribution < 1.29 is 27.2 Å². The Kier molecular flexibility index (Phi) is 11.2. The molecule has 0 spiro atoms. The van der Waals surface area contributed by atoms with Crippen molar-refractivity contribution >= 4 is 62.2 Å². The van der Waals surface area contributed by atoms with Crippen LogP contribution >= 0.6 is 18.6 Å². The van der Waals surface area contributed by atoms with Crippen molar-refractivity contribution in [1.82, 2.24) is 18.9 Å². The van der Waals surface area contributed by atoms with Gasteiger partial charge in [-0.25, -0.2) is 0 Å². The molecule has 0 aliphatic heterocycles. The van der Waals surface area contributed by atoms with Crippen molar-refractivity contribution in [2.45, 2.75) is 26.9 Å². The van der Waals surface area contributed by atoms with Gasteiger partial charge in [-0.3, -0.25) is 4.90 Å². The molecule has 268 valence electrons. The maximum atomic E-state index is 12.1. The zero-order valence-corrected chi connectivity index (χ0v) is 33.4. The molecule has 9 heteroatoms. The molecular formula is C44H42Cl2N4O2Ti. The summed E-state index contributed by atoms with van der Waals surface area (Å²) in [5.74, 6) is 0.549. The summed E-state index contributed by atoms with van der Waals surface area (Å²) in [5.41, 5.74) is 9.67. The number of rotatable bonds is 9. The molecule has 0 unspecified atom stereocenters. The third kappa shape index (κ3) is 7.33. The van der Waals surface area contributed by atoms with Gasteiger partial charge in [-0.15, -0.1) is 0 Å². The van der Waals surface area contributed by atoms with Crippen LogP contribution in [0.4, 0.5) is 0 Å². The van der Waals surface area contributed by atoms with Crippen LogP contribution in [0.1, 0.15) is 22.3 Å². The van der Waals surface area contributed by atoms with Crippen LogP contribution in [0, 0.1) is 13.8 Å². The molecule has 0 saturated heterocycles. The van der Waals surface area contributed by atoms with Gasteiger partial charge < -0.3 is 24.2 Å². The predicted octanol–water partition coefficient (Wildman–Crippen LogP) is 10.8. The van der Waals surface area contributed by atoms with Crippen molar-refractivity contribution in [3.05, 3.63) is 144 Å². The zero-order valence-electron chi connectivity index (χ0n) is 30.3. The van der Waals surface area contributed by atoms with E-state index in [1.807, 2.05) is 0 Å². The SMILES string of the molecule is Cc1cc(CN(CCN(C)C)Cc2cc(C)cc(-n3c4ccccc4c4ccccc43)c2O)c(O)c(-n2c3ccccc3c3ccccc32)c1.[Cl][Ti][Cl]. The third-order valence-corrected chi connectivity index (χ3v) is 9.92. The molecule has 0 amide bonds. The Morgan fingerprint density at radius 3 is 1.17 bits per heavy atom. The minimum atomic E-state index is -0.556. The number of hydrogen-bond donors (Lipinski definition) is 2. The van der Waals surface area contributed by atoms with Gasteiger partial charge in [0.2, 0.25) is 0 Å². The normalized spacial score (nSPS) is 11.6. The minimum absolute atomic E-state index is 0.274. The fraction of sp³-hybridized carbons (Fsp3) is 0.182. The van der Waals surface area contributed by atoms with E-state index in [1.165, 1.54) is 0 Å². The number of phenols is 2. The first kappa shape index (κ1) is 37.1. The van der Waals surface area contributed by atoms with Gasteiger partial charge in [0, 0.05) is 58.9 Å². The summed E-state index contributed by atoms with van der Waals surface area (Å²) in [6.07, 6.45) is 0. The van der Waals surface area contributed by atoms with Crippen molar-refractivity contribution in [3.8, 4) is 22.9 Å². The number of aryl methyl sites for hydroxylation is 2. The van der Waals surface area contributed by atoms with E-state index in [0.717, 1.165) is 90.3 Å². The van der Waals surface area contributed by atoms with E-state index in [0.29, 0.717) is 13.1 Å². The van der Waals surface area contributed by atoms with E-state index in [4.69, 9.17) is 18.6 Å².